The van der Waals surface area contributed by atoms with Crippen molar-refractivity contribution in [2.24, 2.45) is 0 Å². The van der Waals surface area contributed by atoms with Crippen LogP contribution in [0, 0.1) is 5.82 Å². The first kappa shape index (κ1) is 10.5. The number of hydrogen-bond acceptors (Lipinski definition) is 2. The lowest BCUT2D eigenvalue weighted by atomic mass is 10.1. The molecule has 0 spiro atoms. The molecule has 0 saturated heterocycles. The lowest BCUT2D eigenvalue weighted by molar-refractivity contribution is 0.101. The zero-order chi connectivity index (χ0) is 9.84. The van der Waals surface area contributed by atoms with Gasteiger partial charge in [-0.2, -0.15) is 11.8 Å². The number of hydrogen-bond donors (Lipinski definition) is 0. The van der Waals surface area contributed by atoms with Crippen LogP contribution in [0.2, 0.25) is 5.02 Å². The largest absolute Gasteiger partial charge is 0.293 e. The highest BCUT2D eigenvalue weighted by Crippen LogP contribution is 2.16. The van der Waals surface area contributed by atoms with E-state index in [1.165, 1.54) is 30.0 Å². The van der Waals surface area contributed by atoms with Gasteiger partial charge >= 0.3 is 0 Å². The maximum Gasteiger partial charge on any atom is 0.175 e. The minimum atomic E-state index is -0.511. The second-order valence-electron chi connectivity index (χ2n) is 2.48. The van der Waals surface area contributed by atoms with Crippen LogP contribution in [0.3, 0.4) is 0 Å². The summed E-state index contributed by atoms with van der Waals surface area (Å²) in [5.74, 6) is -0.465. The molecule has 0 radical (unpaired) electrons. The van der Waals surface area contributed by atoms with E-state index >= 15 is 0 Å². The average molecular weight is 219 g/mol. The Morgan fingerprint density at radius 1 is 1.62 bits per heavy atom. The normalized spacial score (nSPS) is 10.1. The van der Waals surface area contributed by atoms with Gasteiger partial charge in [0.15, 0.2) is 5.78 Å². The Morgan fingerprint density at radius 3 is 2.92 bits per heavy atom. The predicted molar refractivity (Wildman–Crippen MR) is 54.1 cm³/mol. The van der Waals surface area contributed by atoms with Crippen molar-refractivity contribution in [1.82, 2.24) is 0 Å². The van der Waals surface area contributed by atoms with Gasteiger partial charge in [-0.05, 0) is 24.5 Å². The van der Waals surface area contributed by atoms with E-state index in [1.54, 1.807) is 6.26 Å². The molecule has 0 aliphatic rings. The van der Waals surface area contributed by atoms with Crippen molar-refractivity contribution in [3.63, 3.8) is 0 Å². The van der Waals surface area contributed by atoms with Crippen LogP contribution in [0.5, 0.6) is 0 Å². The number of thioether (sulfide) groups is 1. The smallest absolute Gasteiger partial charge is 0.175 e. The van der Waals surface area contributed by atoms with E-state index in [0.717, 1.165) is 0 Å². The SMILES string of the molecule is CSCC(=O)c1cc(Cl)ccc1F. The highest BCUT2D eigenvalue weighted by atomic mass is 35.5. The van der Waals surface area contributed by atoms with Crippen molar-refractivity contribution < 1.29 is 9.18 Å². The molecule has 0 amide bonds. The van der Waals surface area contributed by atoms with Gasteiger partial charge < -0.3 is 0 Å². The van der Waals surface area contributed by atoms with Crippen LogP contribution in [-0.2, 0) is 0 Å². The maximum atomic E-state index is 13.1. The quantitative estimate of drug-likeness (QED) is 0.726. The van der Waals surface area contributed by atoms with E-state index in [4.69, 9.17) is 11.6 Å². The molecule has 0 N–H and O–H groups in total. The minimum Gasteiger partial charge on any atom is -0.293 e. The predicted octanol–water partition coefficient (Wildman–Crippen LogP) is 3.02. The Labute approximate surface area is 85.3 Å². The van der Waals surface area contributed by atoms with E-state index in [0.29, 0.717) is 5.02 Å². The molecule has 13 heavy (non-hydrogen) atoms. The molecule has 70 valence electrons. The molecule has 0 unspecified atom stereocenters. The summed E-state index contributed by atoms with van der Waals surface area (Å²) in [6, 6.07) is 3.98. The van der Waals surface area contributed by atoms with Crippen molar-refractivity contribution in [3.05, 3.63) is 34.6 Å². The molecule has 1 nitrogen and oxygen atoms in total. The molecule has 4 heteroatoms. The summed E-state index contributed by atoms with van der Waals surface area (Å²) in [4.78, 5) is 11.3. The summed E-state index contributed by atoms with van der Waals surface area (Å²) in [6.07, 6.45) is 1.79. The summed E-state index contributed by atoms with van der Waals surface area (Å²) in [7, 11) is 0. The van der Waals surface area contributed by atoms with Crippen LogP contribution in [0.15, 0.2) is 18.2 Å². The molecule has 0 atom stereocenters. The van der Waals surface area contributed by atoms with Crippen LogP contribution < -0.4 is 0 Å². The molecule has 0 heterocycles. The van der Waals surface area contributed by atoms with Crippen LogP contribution in [0.1, 0.15) is 10.4 Å². The first-order chi connectivity index (χ1) is 6.15. The molecule has 1 aromatic rings. The van der Waals surface area contributed by atoms with E-state index in [-0.39, 0.29) is 17.1 Å². The fourth-order valence-corrected chi connectivity index (χ4v) is 1.51. The molecule has 0 bridgehead atoms. The molecule has 1 aromatic carbocycles. The second kappa shape index (κ2) is 4.63. The third kappa shape index (κ3) is 2.71. The summed E-state index contributed by atoms with van der Waals surface area (Å²) >= 11 is 7.00. The molecule has 0 fully saturated rings. The number of Topliss-reactive ketones (excluding diaryl/α,β-unsaturated/α-hetero) is 1. The van der Waals surface area contributed by atoms with Crippen molar-refractivity contribution >= 4 is 29.1 Å². The third-order valence-corrected chi connectivity index (χ3v) is 2.29. The van der Waals surface area contributed by atoms with Gasteiger partial charge in [-0.3, -0.25) is 4.79 Å². The average Bonchev–Trinajstić information content (AvgIpc) is 2.09. The second-order valence-corrected chi connectivity index (χ2v) is 3.78. The Morgan fingerprint density at radius 2 is 2.31 bits per heavy atom. The van der Waals surface area contributed by atoms with Crippen molar-refractivity contribution in [2.45, 2.75) is 0 Å². The van der Waals surface area contributed by atoms with Gasteiger partial charge in [0.2, 0.25) is 0 Å². The van der Waals surface area contributed by atoms with Crippen LogP contribution in [-0.4, -0.2) is 17.8 Å². The minimum absolute atomic E-state index is 0.0712. The first-order valence-corrected chi connectivity index (χ1v) is 5.39. The number of ketones is 1. The van der Waals surface area contributed by atoms with Gasteiger partial charge in [0.25, 0.3) is 0 Å². The molecule has 1 rings (SSSR count). The monoisotopic (exact) mass is 218 g/mol. The third-order valence-electron chi connectivity index (χ3n) is 1.50. The molecule has 0 aliphatic heterocycles. The lowest BCUT2D eigenvalue weighted by Crippen LogP contribution is -2.04. The van der Waals surface area contributed by atoms with E-state index in [9.17, 15) is 9.18 Å². The molecule has 0 saturated carbocycles. The van der Waals surface area contributed by atoms with Crippen LogP contribution in [0.25, 0.3) is 0 Å². The van der Waals surface area contributed by atoms with E-state index < -0.39 is 5.82 Å². The van der Waals surface area contributed by atoms with Gasteiger partial charge in [0.1, 0.15) is 5.82 Å². The van der Waals surface area contributed by atoms with Gasteiger partial charge in [-0.1, -0.05) is 11.6 Å². The maximum absolute atomic E-state index is 13.1. The molecule has 0 aromatic heterocycles. The molecular formula is C9H8ClFOS. The van der Waals surface area contributed by atoms with Crippen molar-refractivity contribution in [3.8, 4) is 0 Å². The Kier molecular flexibility index (Phi) is 3.75. The fourth-order valence-electron chi connectivity index (χ4n) is 0.920. The zero-order valence-corrected chi connectivity index (χ0v) is 8.58. The number of benzene rings is 1. The topological polar surface area (TPSA) is 17.1 Å². The number of carbonyl (C=O) groups excluding carboxylic acids is 1. The van der Waals surface area contributed by atoms with Gasteiger partial charge in [-0.15, -0.1) is 0 Å². The highest BCUT2D eigenvalue weighted by Gasteiger charge is 2.10. The standard InChI is InChI=1S/C9H8ClFOS/c1-13-5-9(12)7-4-6(10)2-3-8(7)11/h2-4H,5H2,1H3. The summed E-state index contributed by atoms with van der Waals surface area (Å²) in [5.41, 5.74) is 0.0712. The van der Waals surface area contributed by atoms with Crippen molar-refractivity contribution in [1.29, 1.82) is 0 Å². The Bertz CT molecular complexity index is 327. The molecule has 0 aliphatic carbocycles. The first-order valence-electron chi connectivity index (χ1n) is 3.62. The number of carbonyl (C=O) groups is 1. The summed E-state index contributed by atoms with van der Waals surface area (Å²) in [5, 5.41) is 0.380. The van der Waals surface area contributed by atoms with Crippen molar-refractivity contribution in [2.75, 3.05) is 12.0 Å². The summed E-state index contributed by atoms with van der Waals surface area (Å²) < 4.78 is 13.1. The van der Waals surface area contributed by atoms with E-state index in [1.807, 2.05) is 0 Å². The Balaban J connectivity index is 2.99. The number of rotatable bonds is 3. The van der Waals surface area contributed by atoms with E-state index in [2.05, 4.69) is 0 Å². The van der Waals surface area contributed by atoms with Gasteiger partial charge in [0, 0.05) is 5.02 Å². The van der Waals surface area contributed by atoms with Gasteiger partial charge in [-0.25, -0.2) is 4.39 Å². The number of halogens is 2. The van der Waals surface area contributed by atoms with Crippen LogP contribution >= 0.6 is 23.4 Å². The molecular weight excluding hydrogens is 211 g/mol. The highest BCUT2D eigenvalue weighted by molar-refractivity contribution is 7.99. The van der Waals surface area contributed by atoms with Crippen LogP contribution in [0.4, 0.5) is 4.39 Å². The summed E-state index contributed by atoms with van der Waals surface area (Å²) in [6.45, 7) is 0. The zero-order valence-electron chi connectivity index (χ0n) is 7.01. The fraction of sp³-hybridized carbons (Fsp3) is 0.222. The Hall–Kier alpha value is -0.540. The lowest BCUT2D eigenvalue weighted by Gasteiger charge is -2.00. The van der Waals surface area contributed by atoms with Gasteiger partial charge in [0.05, 0.1) is 11.3 Å².